The fourth-order valence-corrected chi connectivity index (χ4v) is 5.38. The minimum absolute atomic E-state index is 0.0317. The van der Waals surface area contributed by atoms with E-state index >= 15 is 0 Å². The Morgan fingerprint density at radius 2 is 1.48 bits per heavy atom. The maximum absolute atomic E-state index is 12.1. The molecule has 0 radical (unpaired) electrons. The van der Waals surface area contributed by atoms with Crippen LogP contribution >= 0.6 is 69.3 Å². The van der Waals surface area contributed by atoms with Gasteiger partial charge in [-0.2, -0.15) is 0 Å². The van der Waals surface area contributed by atoms with Crippen LogP contribution in [0.15, 0.2) is 53.9 Å². The molecule has 1 N–H and O–H groups in total. The molecule has 0 fully saturated rings. The number of benzene rings is 3. The summed E-state index contributed by atoms with van der Waals surface area (Å²) in [5, 5.41) is 13.1. The number of carboxylic acid groups (broad SMARTS) is 1. The van der Waals surface area contributed by atoms with Crippen LogP contribution in [0.3, 0.4) is 0 Å². The topological polar surface area (TPSA) is 50.2 Å². The SMILES string of the molecule is O=C(O)c1c(Cl)c(-c2nc(-c3ccc(Cl)c(Cl)c3)cs2)c(Cl)c(Cl)c1-c1ccccc1. The van der Waals surface area contributed by atoms with Crippen molar-refractivity contribution in [1.29, 1.82) is 0 Å². The molecular weight excluding hydrogens is 520 g/mol. The summed E-state index contributed by atoms with van der Waals surface area (Å²) in [6.07, 6.45) is 0. The van der Waals surface area contributed by atoms with Crippen molar-refractivity contribution in [3.8, 4) is 33.0 Å². The van der Waals surface area contributed by atoms with Crippen LogP contribution in [0.2, 0.25) is 25.1 Å². The summed E-state index contributed by atoms with van der Waals surface area (Å²) >= 11 is 33.1. The van der Waals surface area contributed by atoms with Crippen molar-refractivity contribution in [1.82, 2.24) is 4.98 Å². The summed E-state index contributed by atoms with van der Waals surface area (Å²) in [5.41, 5.74) is 2.34. The first-order valence-electron chi connectivity index (χ1n) is 8.70. The van der Waals surface area contributed by atoms with Gasteiger partial charge in [-0.15, -0.1) is 11.3 Å². The van der Waals surface area contributed by atoms with Crippen molar-refractivity contribution in [2.24, 2.45) is 0 Å². The molecule has 9 heteroatoms. The summed E-state index contributed by atoms with van der Waals surface area (Å²) in [5.74, 6) is -1.22. The van der Waals surface area contributed by atoms with Crippen LogP contribution in [-0.4, -0.2) is 16.1 Å². The van der Waals surface area contributed by atoms with Crippen LogP contribution in [-0.2, 0) is 0 Å². The molecule has 4 rings (SSSR count). The van der Waals surface area contributed by atoms with E-state index in [4.69, 9.17) is 58.0 Å². The standard InChI is InChI=1S/C22H10Cl5NO2S/c23-12-7-6-11(8-13(12)24)14-9-31-21(28-14)17-18(25)16(22(29)30)15(19(26)20(17)27)10-4-2-1-3-5-10/h1-9H,(H,29,30). The van der Waals surface area contributed by atoms with E-state index in [0.717, 1.165) is 5.56 Å². The fourth-order valence-electron chi connectivity index (χ4n) is 3.10. The number of hydrogen-bond donors (Lipinski definition) is 1. The van der Waals surface area contributed by atoms with Crippen molar-refractivity contribution >= 4 is 75.3 Å². The molecule has 156 valence electrons. The van der Waals surface area contributed by atoms with Crippen molar-refractivity contribution in [3.05, 3.63) is 84.6 Å². The van der Waals surface area contributed by atoms with E-state index in [1.54, 1.807) is 47.8 Å². The predicted octanol–water partition coefficient (Wildman–Crippen LogP) is 9.11. The second kappa shape index (κ2) is 8.99. The van der Waals surface area contributed by atoms with Crippen molar-refractivity contribution in [3.63, 3.8) is 0 Å². The first kappa shape index (κ1) is 22.4. The van der Waals surface area contributed by atoms with Gasteiger partial charge in [-0.3, -0.25) is 0 Å². The molecule has 1 heterocycles. The Morgan fingerprint density at radius 1 is 0.806 bits per heavy atom. The first-order chi connectivity index (χ1) is 14.8. The van der Waals surface area contributed by atoms with Crippen molar-refractivity contribution in [2.75, 3.05) is 0 Å². The Bertz CT molecular complexity index is 1320. The summed E-state index contributed by atoms with van der Waals surface area (Å²) < 4.78 is 0. The highest BCUT2D eigenvalue weighted by Crippen LogP contribution is 2.48. The van der Waals surface area contributed by atoms with Gasteiger partial charge in [0.2, 0.25) is 0 Å². The van der Waals surface area contributed by atoms with Crippen LogP contribution in [0.1, 0.15) is 10.4 Å². The smallest absolute Gasteiger partial charge is 0.337 e. The van der Waals surface area contributed by atoms with Gasteiger partial charge >= 0.3 is 5.97 Å². The Morgan fingerprint density at radius 3 is 2.13 bits per heavy atom. The molecule has 0 unspecified atom stereocenters. The summed E-state index contributed by atoms with van der Waals surface area (Å²) in [6, 6.07) is 14.0. The van der Waals surface area contributed by atoms with Gasteiger partial charge in [-0.05, 0) is 17.7 Å². The Balaban J connectivity index is 1.92. The van der Waals surface area contributed by atoms with E-state index in [1.807, 2.05) is 6.07 Å². The van der Waals surface area contributed by atoms with Gasteiger partial charge in [0.25, 0.3) is 0 Å². The Labute approximate surface area is 206 Å². The molecule has 4 aromatic rings. The number of carboxylic acids is 1. The lowest BCUT2D eigenvalue weighted by Crippen LogP contribution is -2.04. The first-order valence-corrected chi connectivity index (χ1v) is 11.5. The van der Waals surface area contributed by atoms with E-state index in [0.29, 0.717) is 26.3 Å². The zero-order chi connectivity index (χ0) is 22.3. The van der Waals surface area contributed by atoms with Gasteiger partial charge in [0, 0.05) is 16.5 Å². The minimum Gasteiger partial charge on any atom is -0.478 e. The largest absolute Gasteiger partial charge is 0.478 e. The van der Waals surface area contributed by atoms with Gasteiger partial charge in [-0.25, -0.2) is 9.78 Å². The van der Waals surface area contributed by atoms with Crippen molar-refractivity contribution in [2.45, 2.75) is 0 Å². The lowest BCUT2D eigenvalue weighted by atomic mass is 9.97. The van der Waals surface area contributed by atoms with Crippen molar-refractivity contribution < 1.29 is 9.90 Å². The van der Waals surface area contributed by atoms with Gasteiger partial charge in [0.1, 0.15) is 5.01 Å². The average molecular weight is 530 g/mol. The molecule has 31 heavy (non-hydrogen) atoms. The number of aromatic carboxylic acids is 1. The number of aromatic nitrogens is 1. The van der Waals surface area contributed by atoms with E-state index in [-0.39, 0.29) is 31.8 Å². The average Bonchev–Trinajstić information content (AvgIpc) is 3.22. The van der Waals surface area contributed by atoms with Crippen LogP contribution in [0, 0.1) is 0 Å². The third kappa shape index (κ3) is 4.17. The van der Waals surface area contributed by atoms with Gasteiger partial charge in [0.05, 0.1) is 41.9 Å². The summed E-state index contributed by atoms with van der Waals surface area (Å²) in [4.78, 5) is 16.7. The zero-order valence-corrected chi connectivity index (χ0v) is 19.9. The molecule has 0 spiro atoms. The normalized spacial score (nSPS) is 11.0. The molecule has 0 aliphatic carbocycles. The highest BCUT2D eigenvalue weighted by molar-refractivity contribution is 7.13. The third-order valence-electron chi connectivity index (χ3n) is 4.53. The molecule has 0 aliphatic rings. The molecule has 0 amide bonds. The van der Waals surface area contributed by atoms with Gasteiger partial charge in [0.15, 0.2) is 0 Å². The molecule has 3 aromatic carbocycles. The quantitative estimate of drug-likeness (QED) is 0.268. The highest BCUT2D eigenvalue weighted by Gasteiger charge is 2.28. The molecule has 0 bridgehead atoms. The summed E-state index contributed by atoms with van der Waals surface area (Å²) in [7, 11) is 0. The molecule has 3 nitrogen and oxygen atoms in total. The van der Waals surface area contributed by atoms with Crippen LogP contribution in [0.5, 0.6) is 0 Å². The van der Waals surface area contributed by atoms with E-state index in [9.17, 15) is 9.90 Å². The number of carbonyl (C=O) groups is 1. The Kier molecular flexibility index (Phi) is 6.50. The number of halogens is 5. The lowest BCUT2D eigenvalue weighted by molar-refractivity contribution is 0.0698. The third-order valence-corrected chi connectivity index (χ3v) is 7.36. The number of nitrogens with zero attached hydrogens (tertiary/aromatic N) is 1. The number of rotatable bonds is 4. The predicted molar refractivity (Wildman–Crippen MR) is 130 cm³/mol. The molecule has 0 atom stereocenters. The molecule has 0 aliphatic heterocycles. The van der Waals surface area contributed by atoms with Gasteiger partial charge in [-0.1, -0.05) is 94.4 Å². The molecule has 0 saturated heterocycles. The minimum atomic E-state index is -1.22. The zero-order valence-electron chi connectivity index (χ0n) is 15.3. The molecule has 0 saturated carbocycles. The number of hydrogen-bond acceptors (Lipinski definition) is 3. The van der Waals surface area contributed by atoms with Crippen LogP contribution < -0.4 is 0 Å². The van der Waals surface area contributed by atoms with E-state index < -0.39 is 5.97 Å². The van der Waals surface area contributed by atoms with E-state index in [2.05, 4.69) is 4.98 Å². The number of thiazole rings is 1. The van der Waals surface area contributed by atoms with Crippen LogP contribution in [0.25, 0.3) is 33.0 Å². The maximum Gasteiger partial charge on any atom is 0.337 e. The lowest BCUT2D eigenvalue weighted by Gasteiger charge is -2.16. The maximum atomic E-state index is 12.1. The van der Waals surface area contributed by atoms with Gasteiger partial charge < -0.3 is 5.11 Å². The Hall–Kier alpha value is -1.79. The molecule has 1 aromatic heterocycles. The summed E-state index contributed by atoms with van der Waals surface area (Å²) in [6.45, 7) is 0. The van der Waals surface area contributed by atoms with E-state index in [1.165, 1.54) is 11.3 Å². The van der Waals surface area contributed by atoms with Crippen LogP contribution in [0.4, 0.5) is 0 Å². The fraction of sp³-hybridized carbons (Fsp3) is 0. The molecular formula is C22H10Cl5NO2S. The monoisotopic (exact) mass is 527 g/mol. The second-order valence-corrected chi connectivity index (χ2v) is 9.21. The highest BCUT2D eigenvalue weighted by atomic mass is 35.5. The second-order valence-electron chi connectivity index (χ2n) is 6.40.